The molecule has 3 amide bonds. The molecule has 0 bridgehead atoms. The Morgan fingerprint density at radius 3 is 2.25 bits per heavy atom. The van der Waals surface area contributed by atoms with E-state index in [-0.39, 0.29) is 18.4 Å². The topological polar surface area (TPSA) is 111 Å². The Morgan fingerprint density at radius 2 is 1.64 bits per heavy atom. The molecule has 0 saturated carbocycles. The Morgan fingerprint density at radius 1 is 0.964 bits per heavy atom. The van der Waals surface area contributed by atoms with Gasteiger partial charge in [-0.15, -0.1) is 0 Å². The predicted molar refractivity (Wildman–Crippen MR) is 105 cm³/mol. The highest BCUT2D eigenvalue weighted by Gasteiger charge is 2.21. The van der Waals surface area contributed by atoms with Gasteiger partial charge in [0.25, 0.3) is 5.91 Å². The lowest BCUT2D eigenvalue weighted by Crippen LogP contribution is -2.35. The lowest BCUT2D eigenvalue weighted by atomic mass is 9.99. The third kappa shape index (κ3) is 6.75. The quantitative estimate of drug-likeness (QED) is 0.575. The molecule has 0 aliphatic heterocycles. The number of ether oxygens (including phenoxy) is 1. The Kier molecular flexibility index (Phi) is 8.02. The molecule has 0 aliphatic rings. The van der Waals surface area contributed by atoms with Crippen molar-refractivity contribution in [2.45, 2.75) is 19.9 Å². The van der Waals surface area contributed by atoms with Crippen LogP contribution in [0.15, 0.2) is 54.6 Å². The number of hydrogen-bond donors (Lipinski definition) is 3. The minimum absolute atomic E-state index is 0.178. The van der Waals surface area contributed by atoms with Gasteiger partial charge in [0, 0.05) is 18.7 Å². The fourth-order valence-corrected chi connectivity index (χ4v) is 2.68. The monoisotopic (exact) mass is 383 g/mol. The van der Waals surface area contributed by atoms with Crippen LogP contribution in [-0.4, -0.2) is 31.1 Å². The highest BCUT2D eigenvalue weighted by Crippen LogP contribution is 2.11. The summed E-state index contributed by atoms with van der Waals surface area (Å²) < 4.78 is 5.14. The zero-order valence-electron chi connectivity index (χ0n) is 15.8. The van der Waals surface area contributed by atoms with E-state index in [1.54, 1.807) is 31.2 Å². The van der Waals surface area contributed by atoms with Crippen molar-refractivity contribution in [1.82, 2.24) is 10.6 Å². The summed E-state index contributed by atoms with van der Waals surface area (Å²) in [6.45, 7) is 2.51. The lowest BCUT2D eigenvalue weighted by Gasteiger charge is -2.16. The molecule has 2 rings (SSSR count). The first kappa shape index (κ1) is 21.0. The molecule has 0 fully saturated rings. The van der Waals surface area contributed by atoms with Crippen molar-refractivity contribution >= 4 is 17.9 Å². The van der Waals surface area contributed by atoms with Crippen molar-refractivity contribution in [3.63, 3.8) is 0 Å². The molecule has 0 spiro atoms. The van der Waals surface area contributed by atoms with E-state index in [0.29, 0.717) is 25.1 Å². The Hall–Kier alpha value is -3.35. The first-order valence-corrected chi connectivity index (χ1v) is 9.10. The number of nitrogens with one attached hydrogen (secondary N) is 2. The number of amides is 3. The van der Waals surface area contributed by atoms with Gasteiger partial charge >= 0.3 is 12.0 Å². The van der Waals surface area contributed by atoms with E-state index in [4.69, 9.17) is 10.5 Å². The molecule has 0 saturated heterocycles. The highest BCUT2D eigenvalue weighted by atomic mass is 16.5. The Bertz CT molecular complexity index is 791. The van der Waals surface area contributed by atoms with Crippen LogP contribution in [0.4, 0.5) is 4.79 Å². The van der Waals surface area contributed by atoms with Gasteiger partial charge in [0.2, 0.25) is 0 Å². The number of urea groups is 1. The molecule has 2 aromatic carbocycles. The fourth-order valence-electron chi connectivity index (χ4n) is 2.68. The summed E-state index contributed by atoms with van der Waals surface area (Å²) in [5.41, 5.74) is 7.32. The van der Waals surface area contributed by atoms with Gasteiger partial charge in [-0.25, -0.2) is 4.79 Å². The molecule has 28 heavy (non-hydrogen) atoms. The van der Waals surface area contributed by atoms with Gasteiger partial charge in [0.15, 0.2) is 0 Å². The molecule has 1 atom stereocenters. The van der Waals surface area contributed by atoms with Crippen molar-refractivity contribution in [3.05, 3.63) is 71.3 Å². The van der Waals surface area contributed by atoms with Crippen LogP contribution in [0.3, 0.4) is 0 Å². The molecule has 0 radical (unpaired) electrons. The summed E-state index contributed by atoms with van der Waals surface area (Å²) in [6, 6.07) is 15.8. The second kappa shape index (κ2) is 10.7. The van der Waals surface area contributed by atoms with Crippen LogP contribution in [-0.2, 0) is 22.5 Å². The summed E-state index contributed by atoms with van der Waals surface area (Å²) in [5, 5.41) is 5.28. The molecule has 2 aromatic rings. The lowest BCUT2D eigenvalue weighted by molar-refractivity contribution is -0.147. The van der Waals surface area contributed by atoms with Crippen LogP contribution in [0.25, 0.3) is 0 Å². The van der Waals surface area contributed by atoms with Gasteiger partial charge in [0.1, 0.15) is 0 Å². The first-order valence-electron chi connectivity index (χ1n) is 9.10. The van der Waals surface area contributed by atoms with Crippen molar-refractivity contribution in [2.24, 2.45) is 11.7 Å². The van der Waals surface area contributed by atoms with Crippen LogP contribution in [0.5, 0.6) is 0 Å². The van der Waals surface area contributed by atoms with Crippen LogP contribution in [0.2, 0.25) is 0 Å². The molecular weight excluding hydrogens is 358 g/mol. The molecule has 1 unspecified atom stereocenters. The molecular formula is C21H25N3O4. The van der Waals surface area contributed by atoms with Crippen LogP contribution >= 0.6 is 0 Å². The fraction of sp³-hybridized carbons (Fsp3) is 0.286. The molecule has 0 aliphatic carbocycles. The van der Waals surface area contributed by atoms with Gasteiger partial charge in [0.05, 0.1) is 12.5 Å². The van der Waals surface area contributed by atoms with E-state index in [1.165, 1.54) is 0 Å². The van der Waals surface area contributed by atoms with Crippen LogP contribution < -0.4 is 16.4 Å². The minimum Gasteiger partial charge on any atom is -0.466 e. The minimum atomic E-state index is -0.606. The van der Waals surface area contributed by atoms with Crippen LogP contribution in [0.1, 0.15) is 28.4 Å². The number of carbonyl (C=O) groups is 3. The molecule has 0 heterocycles. The maximum absolute atomic E-state index is 12.4. The third-order valence-electron chi connectivity index (χ3n) is 4.14. The molecule has 4 N–H and O–H groups in total. The highest BCUT2D eigenvalue weighted by molar-refractivity contribution is 5.94. The molecule has 148 valence electrons. The normalized spacial score (nSPS) is 11.3. The number of rotatable bonds is 9. The van der Waals surface area contributed by atoms with E-state index in [9.17, 15) is 14.4 Å². The number of hydrogen-bond acceptors (Lipinski definition) is 4. The maximum Gasteiger partial charge on any atom is 0.312 e. The number of nitrogens with two attached hydrogens (primary N) is 1. The number of benzene rings is 2. The van der Waals surface area contributed by atoms with Gasteiger partial charge in [-0.1, -0.05) is 42.5 Å². The maximum atomic E-state index is 12.4. The van der Waals surface area contributed by atoms with Crippen LogP contribution in [0, 0.1) is 5.92 Å². The van der Waals surface area contributed by atoms with Crippen molar-refractivity contribution in [1.29, 1.82) is 0 Å². The van der Waals surface area contributed by atoms with Gasteiger partial charge in [-0.05, 0) is 36.6 Å². The Balaban J connectivity index is 1.96. The third-order valence-corrected chi connectivity index (χ3v) is 4.14. The second-order valence-electron chi connectivity index (χ2n) is 6.26. The number of primary amides is 1. The first-order chi connectivity index (χ1) is 13.5. The summed E-state index contributed by atoms with van der Waals surface area (Å²) in [4.78, 5) is 35.4. The Labute approximate surface area is 164 Å². The van der Waals surface area contributed by atoms with E-state index in [1.807, 2.05) is 30.3 Å². The van der Waals surface area contributed by atoms with E-state index >= 15 is 0 Å². The van der Waals surface area contributed by atoms with Crippen molar-refractivity contribution in [3.8, 4) is 0 Å². The number of carbonyl (C=O) groups excluding carboxylic acids is 3. The summed E-state index contributed by atoms with van der Waals surface area (Å²) >= 11 is 0. The van der Waals surface area contributed by atoms with Crippen molar-refractivity contribution in [2.75, 3.05) is 13.2 Å². The molecule has 7 nitrogen and oxygen atoms in total. The van der Waals surface area contributed by atoms with Gasteiger partial charge < -0.3 is 21.1 Å². The predicted octanol–water partition coefficient (Wildman–Crippen LogP) is 2.01. The SMILES string of the molecule is CCOC(=O)C(CNC(=O)c1ccc(CNC(N)=O)cc1)Cc1ccccc1. The smallest absolute Gasteiger partial charge is 0.312 e. The van der Waals surface area contributed by atoms with E-state index in [2.05, 4.69) is 10.6 Å². The summed E-state index contributed by atoms with van der Waals surface area (Å²) in [6.07, 6.45) is 0.484. The largest absolute Gasteiger partial charge is 0.466 e. The average Bonchev–Trinajstić information content (AvgIpc) is 2.70. The van der Waals surface area contributed by atoms with E-state index < -0.39 is 11.9 Å². The van der Waals surface area contributed by atoms with Gasteiger partial charge in [-0.3, -0.25) is 9.59 Å². The zero-order chi connectivity index (χ0) is 20.4. The molecule has 7 heteroatoms. The van der Waals surface area contributed by atoms with Crippen molar-refractivity contribution < 1.29 is 19.1 Å². The molecule has 0 aromatic heterocycles. The summed E-state index contributed by atoms with van der Waals surface area (Å²) in [7, 11) is 0. The second-order valence-corrected chi connectivity index (χ2v) is 6.26. The summed E-state index contributed by atoms with van der Waals surface area (Å²) in [5.74, 6) is -1.08. The zero-order valence-corrected chi connectivity index (χ0v) is 15.8. The standard InChI is InChI=1S/C21H25N3O4/c1-2-28-20(26)18(12-15-6-4-3-5-7-15)14-23-19(25)17-10-8-16(9-11-17)13-24-21(22)27/h3-11,18H,2,12-14H2,1H3,(H,23,25)(H3,22,24,27). The number of esters is 1. The van der Waals surface area contributed by atoms with E-state index in [0.717, 1.165) is 11.1 Å². The average molecular weight is 383 g/mol. The van der Waals surface area contributed by atoms with Gasteiger partial charge in [-0.2, -0.15) is 0 Å².